The summed E-state index contributed by atoms with van der Waals surface area (Å²) in [5.41, 5.74) is 3.74. The van der Waals surface area contributed by atoms with E-state index >= 15 is 0 Å². The van der Waals surface area contributed by atoms with Gasteiger partial charge in [-0.1, -0.05) is 6.07 Å². The van der Waals surface area contributed by atoms with Crippen LogP contribution >= 0.6 is 11.8 Å². The number of carboxylic acids is 2. The minimum Gasteiger partial charge on any atom is -0.481 e. The zero-order valence-electron chi connectivity index (χ0n) is 17.2. The van der Waals surface area contributed by atoms with E-state index in [4.69, 9.17) is 15.5 Å². The molecule has 0 spiro atoms. The highest BCUT2D eigenvalue weighted by molar-refractivity contribution is 7.99. The molecule has 1 unspecified atom stereocenters. The van der Waals surface area contributed by atoms with E-state index in [-0.39, 0.29) is 18.0 Å². The van der Waals surface area contributed by atoms with Gasteiger partial charge in [-0.15, -0.1) is 11.8 Å². The highest BCUT2D eigenvalue weighted by atomic mass is 32.2. The highest BCUT2D eigenvalue weighted by Crippen LogP contribution is 2.39. The number of nitrogens with zero attached hydrogens (tertiary/aromatic N) is 2. The van der Waals surface area contributed by atoms with E-state index in [2.05, 4.69) is 36.1 Å². The molecule has 1 aliphatic heterocycles. The molecular formula is C24H24N2O4S. The minimum atomic E-state index is -1.22. The van der Waals surface area contributed by atoms with E-state index in [9.17, 15) is 9.59 Å². The fourth-order valence-corrected chi connectivity index (χ4v) is 4.63. The van der Waals surface area contributed by atoms with Crippen LogP contribution in [0.5, 0.6) is 0 Å². The van der Waals surface area contributed by atoms with E-state index in [1.807, 2.05) is 18.2 Å². The van der Waals surface area contributed by atoms with Crippen LogP contribution in [0.25, 0.3) is 6.08 Å². The number of unbranched alkanes of at least 4 members (excludes halogenated alkanes) is 1. The first-order chi connectivity index (χ1) is 14.9. The molecule has 1 atom stereocenters. The molecule has 0 fully saturated rings. The van der Waals surface area contributed by atoms with Crippen LogP contribution in [0.4, 0.5) is 11.4 Å². The van der Waals surface area contributed by atoms with Gasteiger partial charge in [-0.25, -0.2) is 4.79 Å². The number of fused-ring (bicyclic) bond motifs is 1. The summed E-state index contributed by atoms with van der Waals surface area (Å²) in [6.45, 7) is 2.15. The molecule has 0 aliphatic carbocycles. The minimum absolute atomic E-state index is 0.220. The van der Waals surface area contributed by atoms with Gasteiger partial charge in [-0.05, 0) is 85.5 Å². The van der Waals surface area contributed by atoms with Crippen LogP contribution in [0.3, 0.4) is 0 Å². The van der Waals surface area contributed by atoms with Crippen LogP contribution < -0.4 is 4.90 Å². The van der Waals surface area contributed by atoms with Gasteiger partial charge in [0.25, 0.3) is 0 Å². The van der Waals surface area contributed by atoms with Crippen molar-refractivity contribution in [2.24, 2.45) is 0 Å². The first-order valence-corrected chi connectivity index (χ1v) is 11.1. The number of anilines is 2. The number of benzene rings is 2. The summed E-state index contributed by atoms with van der Waals surface area (Å²) in [7, 11) is 0. The molecule has 3 rings (SSSR count). The SMILES string of the molecule is CC1Cc2cc(/C=C(\C#N)C(=O)O)ccc2N1c1ccc(SCCCCC(=O)O)cc1. The summed E-state index contributed by atoms with van der Waals surface area (Å²) < 4.78 is 0. The number of nitriles is 1. The second-order valence-corrected chi connectivity index (χ2v) is 8.65. The third-order valence-electron chi connectivity index (χ3n) is 5.15. The van der Waals surface area contributed by atoms with Crippen LogP contribution in [0.15, 0.2) is 52.9 Å². The maximum atomic E-state index is 11.1. The molecule has 2 aromatic rings. The molecule has 31 heavy (non-hydrogen) atoms. The molecule has 7 heteroatoms. The molecule has 0 bridgehead atoms. The van der Waals surface area contributed by atoms with Gasteiger partial charge >= 0.3 is 11.9 Å². The Bertz CT molecular complexity index is 1040. The second kappa shape index (κ2) is 10.2. The van der Waals surface area contributed by atoms with Gasteiger partial charge in [0.2, 0.25) is 0 Å². The molecule has 0 saturated heterocycles. The van der Waals surface area contributed by atoms with Crippen molar-refractivity contribution < 1.29 is 19.8 Å². The zero-order valence-corrected chi connectivity index (χ0v) is 18.1. The summed E-state index contributed by atoms with van der Waals surface area (Å²) in [6, 6.07) is 16.1. The summed E-state index contributed by atoms with van der Waals surface area (Å²) in [5.74, 6) is -1.07. The van der Waals surface area contributed by atoms with Gasteiger partial charge in [0.1, 0.15) is 11.6 Å². The molecule has 0 radical (unpaired) electrons. The van der Waals surface area contributed by atoms with Crippen LogP contribution in [0, 0.1) is 11.3 Å². The first-order valence-electron chi connectivity index (χ1n) is 10.1. The predicted molar refractivity (Wildman–Crippen MR) is 122 cm³/mol. The second-order valence-electron chi connectivity index (χ2n) is 7.48. The van der Waals surface area contributed by atoms with Crippen LogP contribution in [0.2, 0.25) is 0 Å². The maximum absolute atomic E-state index is 11.1. The van der Waals surface area contributed by atoms with E-state index in [0.717, 1.165) is 40.4 Å². The van der Waals surface area contributed by atoms with Crippen LogP contribution in [-0.4, -0.2) is 33.9 Å². The zero-order chi connectivity index (χ0) is 22.4. The summed E-state index contributed by atoms with van der Waals surface area (Å²) in [4.78, 5) is 25.1. The normalized spacial score (nSPS) is 15.4. The Morgan fingerprint density at radius 2 is 1.94 bits per heavy atom. The van der Waals surface area contributed by atoms with Gasteiger partial charge in [0.15, 0.2) is 0 Å². The lowest BCUT2D eigenvalue weighted by molar-refractivity contribution is -0.137. The average molecular weight is 437 g/mol. The molecular weight excluding hydrogens is 412 g/mol. The predicted octanol–water partition coefficient (Wildman–Crippen LogP) is 5.11. The lowest BCUT2D eigenvalue weighted by Gasteiger charge is -2.25. The number of thioether (sulfide) groups is 1. The third-order valence-corrected chi connectivity index (χ3v) is 6.25. The number of hydrogen-bond acceptors (Lipinski definition) is 5. The monoisotopic (exact) mass is 436 g/mol. The molecule has 0 aromatic heterocycles. The highest BCUT2D eigenvalue weighted by Gasteiger charge is 2.27. The fourth-order valence-electron chi connectivity index (χ4n) is 3.71. The lowest BCUT2D eigenvalue weighted by Crippen LogP contribution is -2.23. The van der Waals surface area contributed by atoms with Crippen molar-refractivity contribution in [3.63, 3.8) is 0 Å². The maximum Gasteiger partial charge on any atom is 0.346 e. The number of carbonyl (C=O) groups is 2. The molecule has 0 amide bonds. The molecule has 0 saturated carbocycles. The number of hydrogen-bond donors (Lipinski definition) is 2. The van der Waals surface area contributed by atoms with Crippen molar-refractivity contribution in [2.45, 2.75) is 43.5 Å². The van der Waals surface area contributed by atoms with Crippen molar-refractivity contribution in [3.8, 4) is 6.07 Å². The van der Waals surface area contributed by atoms with Gasteiger partial charge in [-0.3, -0.25) is 4.79 Å². The van der Waals surface area contributed by atoms with E-state index in [1.54, 1.807) is 17.8 Å². The van der Waals surface area contributed by atoms with E-state index in [0.29, 0.717) is 12.0 Å². The van der Waals surface area contributed by atoms with Gasteiger partial charge in [-0.2, -0.15) is 5.26 Å². The Balaban J connectivity index is 1.70. The van der Waals surface area contributed by atoms with Crippen molar-refractivity contribution >= 4 is 41.2 Å². The molecule has 6 nitrogen and oxygen atoms in total. The Labute approximate surface area is 185 Å². The lowest BCUT2D eigenvalue weighted by atomic mass is 10.1. The number of aliphatic carboxylic acids is 2. The smallest absolute Gasteiger partial charge is 0.346 e. The third kappa shape index (κ3) is 5.68. The average Bonchev–Trinajstić information content (AvgIpc) is 3.06. The number of carboxylic acid groups (broad SMARTS) is 2. The molecule has 1 aliphatic rings. The Kier molecular flexibility index (Phi) is 7.37. The van der Waals surface area contributed by atoms with E-state index < -0.39 is 11.9 Å². The van der Waals surface area contributed by atoms with Crippen LogP contribution in [-0.2, 0) is 16.0 Å². The summed E-state index contributed by atoms with van der Waals surface area (Å²) in [6.07, 6.45) is 4.03. The Morgan fingerprint density at radius 1 is 1.19 bits per heavy atom. The van der Waals surface area contributed by atoms with Crippen molar-refractivity contribution in [1.29, 1.82) is 5.26 Å². The molecule has 1 heterocycles. The standard InChI is InChI=1S/C24H24N2O4S/c1-16-12-18-13-17(14-19(15-25)24(29)30)5-10-22(18)26(16)20-6-8-21(9-7-20)31-11-3-2-4-23(27)28/h5-10,13-14,16H,2-4,11-12H2,1H3,(H,27,28)(H,29,30)/b19-14+. The fraction of sp³-hybridized carbons (Fsp3) is 0.292. The topological polar surface area (TPSA) is 102 Å². The van der Waals surface area contributed by atoms with Gasteiger partial charge < -0.3 is 15.1 Å². The quantitative estimate of drug-likeness (QED) is 0.244. The van der Waals surface area contributed by atoms with Crippen molar-refractivity contribution in [3.05, 3.63) is 59.2 Å². The van der Waals surface area contributed by atoms with Crippen molar-refractivity contribution in [2.75, 3.05) is 10.7 Å². The largest absolute Gasteiger partial charge is 0.481 e. The summed E-state index contributed by atoms with van der Waals surface area (Å²) in [5, 5.41) is 26.7. The molecule has 2 N–H and O–H groups in total. The Hall–Kier alpha value is -3.24. The van der Waals surface area contributed by atoms with Crippen molar-refractivity contribution in [1.82, 2.24) is 0 Å². The van der Waals surface area contributed by atoms with Crippen LogP contribution in [0.1, 0.15) is 37.3 Å². The molecule has 160 valence electrons. The van der Waals surface area contributed by atoms with Gasteiger partial charge in [0, 0.05) is 28.7 Å². The molecule has 2 aromatic carbocycles. The first kappa shape index (κ1) is 22.4. The Morgan fingerprint density at radius 3 is 2.58 bits per heavy atom. The van der Waals surface area contributed by atoms with E-state index in [1.165, 1.54) is 6.08 Å². The number of rotatable bonds is 9. The summed E-state index contributed by atoms with van der Waals surface area (Å²) >= 11 is 1.73. The van der Waals surface area contributed by atoms with Gasteiger partial charge in [0.05, 0.1) is 0 Å².